The van der Waals surface area contributed by atoms with Crippen LogP contribution < -0.4 is 15.4 Å². The lowest BCUT2D eigenvalue weighted by Crippen LogP contribution is -2.33. The number of amides is 2. The van der Waals surface area contributed by atoms with Gasteiger partial charge in [0, 0.05) is 23.6 Å². The monoisotopic (exact) mass is 615 g/mol. The Morgan fingerprint density at radius 2 is 1.76 bits per heavy atom. The van der Waals surface area contributed by atoms with Crippen LogP contribution in [-0.2, 0) is 28.1 Å². The van der Waals surface area contributed by atoms with Gasteiger partial charge in [0.05, 0.1) is 22.3 Å². The molecule has 0 unspecified atom stereocenters. The van der Waals surface area contributed by atoms with Crippen molar-refractivity contribution in [3.05, 3.63) is 94.1 Å². The van der Waals surface area contributed by atoms with E-state index >= 15 is 0 Å². The Morgan fingerprint density at radius 3 is 2.41 bits per heavy atom. The highest BCUT2D eigenvalue weighted by molar-refractivity contribution is 7.98. The number of benzene rings is 2. The molecular weight excluding hydrogens is 581 g/mol. The topological polar surface area (TPSA) is 89.6 Å². The Kier molecular flexibility index (Phi) is 12.4. The molecule has 0 atom stereocenters. The van der Waals surface area contributed by atoms with E-state index in [1.165, 1.54) is 17.8 Å². The first kappa shape index (κ1) is 32.3. The summed E-state index contributed by atoms with van der Waals surface area (Å²) in [5.74, 6) is 0.842. The summed E-state index contributed by atoms with van der Waals surface area (Å²) in [6, 6.07) is 17.3. The number of aromatic nitrogens is 1. The maximum absolute atomic E-state index is 12.3. The third-order valence-electron chi connectivity index (χ3n) is 5.58. The van der Waals surface area contributed by atoms with E-state index in [0.717, 1.165) is 16.0 Å². The summed E-state index contributed by atoms with van der Waals surface area (Å²) >= 11 is 14.2. The molecule has 0 spiro atoms. The molecule has 2 aromatic carbocycles. The van der Waals surface area contributed by atoms with Crippen LogP contribution in [0.5, 0.6) is 5.75 Å². The average molecular weight is 617 g/mol. The Hall–Kier alpha value is -3.20. The number of rotatable bonds is 13. The molecule has 2 N–H and O–H groups in total. The van der Waals surface area contributed by atoms with Crippen LogP contribution in [0, 0.1) is 0 Å². The molecule has 1 aromatic heterocycles. The first-order valence-corrected chi connectivity index (χ1v) is 15.0. The Labute approximate surface area is 256 Å². The molecule has 0 radical (unpaired) electrons. The predicted octanol–water partition coefficient (Wildman–Crippen LogP) is 7.88. The van der Waals surface area contributed by atoms with Crippen molar-refractivity contribution in [3.63, 3.8) is 0 Å². The summed E-state index contributed by atoms with van der Waals surface area (Å²) in [5, 5.41) is 6.70. The van der Waals surface area contributed by atoms with E-state index in [1.54, 1.807) is 18.2 Å². The van der Waals surface area contributed by atoms with Crippen molar-refractivity contribution in [1.29, 1.82) is 0 Å². The van der Waals surface area contributed by atoms with E-state index in [4.69, 9.17) is 37.7 Å². The Bertz CT molecular complexity index is 1330. The number of nitrogens with zero attached hydrogens (tertiary/aromatic N) is 1. The zero-order valence-electron chi connectivity index (χ0n) is 23.5. The van der Waals surface area contributed by atoms with Crippen LogP contribution in [0.2, 0.25) is 10.0 Å². The lowest BCUT2D eigenvalue weighted by Gasteiger charge is -2.20. The number of carbonyl (C=O) groups excluding carboxylic acids is 2. The van der Waals surface area contributed by atoms with Crippen LogP contribution in [0.15, 0.2) is 72.1 Å². The molecule has 0 aliphatic heterocycles. The summed E-state index contributed by atoms with van der Waals surface area (Å²) in [6.07, 6.45) is 2.55. The molecule has 2 amide bonds. The fourth-order valence-electron chi connectivity index (χ4n) is 3.78. The third kappa shape index (κ3) is 10.9. The van der Waals surface area contributed by atoms with Gasteiger partial charge in [-0.3, -0.25) is 4.79 Å². The van der Waals surface area contributed by atoms with E-state index in [1.807, 2.05) is 57.2 Å². The fraction of sp³-hybridized carbons (Fsp3) is 0.323. The van der Waals surface area contributed by atoms with E-state index in [9.17, 15) is 9.59 Å². The van der Waals surface area contributed by atoms with Gasteiger partial charge in [0.15, 0.2) is 11.6 Å². The van der Waals surface area contributed by atoms with Gasteiger partial charge in [0.1, 0.15) is 5.60 Å². The van der Waals surface area contributed by atoms with Crippen LogP contribution in [0.4, 0.5) is 10.6 Å². The smallest absolute Gasteiger partial charge is 0.407 e. The van der Waals surface area contributed by atoms with Crippen molar-refractivity contribution in [2.75, 3.05) is 18.5 Å². The second-order valence-corrected chi connectivity index (χ2v) is 11.9. The van der Waals surface area contributed by atoms with Gasteiger partial charge in [-0.2, -0.15) is 0 Å². The molecule has 0 saturated carbocycles. The largest absolute Gasteiger partial charge is 0.489 e. The molecule has 0 bridgehead atoms. The van der Waals surface area contributed by atoms with Crippen LogP contribution in [0.3, 0.4) is 0 Å². The van der Waals surface area contributed by atoms with Gasteiger partial charge in [-0.05, 0) is 69.0 Å². The number of anilines is 1. The zero-order chi connectivity index (χ0) is 29.8. The minimum atomic E-state index is -0.579. The van der Waals surface area contributed by atoms with Crippen molar-refractivity contribution in [1.82, 2.24) is 10.3 Å². The molecule has 7 nitrogen and oxygen atoms in total. The first-order chi connectivity index (χ1) is 19.6. The maximum atomic E-state index is 12.3. The lowest BCUT2D eigenvalue weighted by atomic mass is 10.1. The number of pyridine rings is 1. The van der Waals surface area contributed by atoms with E-state index < -0.39 is 17.6 Å². The predicted molar refractivity (Wildman–Crippen MR) is 167 cm³/mol. The number of alkyl carbamates (subject to hydrolysis) is 1. The second-order valence-electron chi connectivity index (χ2n) is 10.1. The van der Waals surface area contributed by atoms with Crippen LogP contribution in [-0.4, -0.2) is 35.7 Å². The van der Waals surface area contributed by atoms with Crippen molar-refractivity contribution < 1.29 is 19.1 Å². The number of thioether (sulfide) groups is 1. The van der Waals surface area contributed by atoms with Gasteiger partial charge in [-0.1, -0.05) is 66.2 Å². The molecular formula is C31H35Cl2N3O4S. The molecule has 3 rings (SSSR count). The number of hydrogen-bond acceptors (Lipinski definition) is 6. The van der Waals surface area contributed by atoms with Crippen LogP contribution >= 0.6 is 35.0 Å². The van der Waals surface area contributed by atoms with Crippen molar-refractivity contribution in [2.45, 2.75) is 56.3 Å². The lowest BCUT2D eigenvalue weighted by molar-refractivity contribution is -0.111. The summed E-state index contributed by atoms with van der Waals surface area (Å²) < 4.78 is 11.6. The van der Waals surface area contributed by atoms with E-state index in [2.05, 4.69) is 17.2 Å². The highest BCUT2D eigenvalue weighted by Gasteiger charge is 2.19. The number of ether oxygens (including phenoxy) is 2. The van der Waals surface area contributed by atoms with Crippen molar-refractivity contribution in [3.8, 4) is 5.75 Å². The SMILES string of the molecule is C=CC(=O)Nc1nc(CSc2c(Cl)cccc2Cl)cc(CCCNC(=O)OC(C)(C)C)c1OCCc1ccccc1. The standard InChI is InChI=1S/C31H35Cl2N3O4S/c1-5-26(37)36-29-27(39-18-16-21-11-7-6-8-12-21)22(13-10-17-34-30(38)40-31(2,3)4)19-23(35-29)20-41-28-24(32)14-9-15-25(28)33/h5-9,11-12,14-15,19H,1,10,13,16-18,20H2,2-4H3,(H,34,38)(H,35,36,37). The number of carbonyl (C=O) groups is 2. The highest BCUT2D eigenvalue weighted by Crippen LogP contribution is 2.37. The highest BCUT2D eigenvalue weighted by atomic mass is 35.5. The molecule has 0 saturated heterocycles. The number of hydrogen-bond donors (Lipinski definition) is 2. The van der Waals surface area contributed by atoms with Crippen molar-refractivity contribution in [2.24, 2.45) is 0 Å². The molecule has 218 valence electrons. The van der Waals surface area contributed by atoms with Crippen molar-refractivity contribution >= 4 is 52.8 Å². The molecule has 1 heterocycles. The van der Waals surface area contributed by atoms with Gasteiger partial charge in [0.2, 0.25) is 5.91 Å². The summed E-state index contributed by atoms with van der Waals surface area (Å²) in [5.41, 5.74) is 2.10. The molecule has 10 heteroatoms. The molecule has 41 heavy (non-hydrogen) atoms. The van der Waals surface area contributed by atoms with Gasteiger partial charge in [-0.25, -0.2) is 9.78 Å². The quantitative estimate of drug-likeness (QED) is 0.115. The second kappa shape index (κ2) is 15.7. The van der Waals surface area contributed by atoms with Gasteiger partial charge >= 0.3 is 6.09 Å². The minimum absolute atomic E-state index is 0.307. The normalized spacial score (nSPS) is 11.0. The summed E-state index contributed by atoms with van der Waals surface area (Å²) in [6.45, 7) is 9.80. The maximum Gasteiger partial charge on any atom is 0.407 e. The Morgan fingerprint density at radius 1 is 1.05 bits per heavy atom. The molecule has 0 aliphatic rings. The fourth-order valence-corrected chi connectivity index (χ4v) is 5.36. The van der Waals surface area contributed by atoms with E-state index in [0.29, 0.717) is 65.5 Å². The zero-order valence-corrected chi connectivity index (χ0v) is 25.8. The number of halogens is 2. The summed E-state index contributed by atoms with van der Waals surface area (Å²) in [4.78, 5) is 29.9. The van der Waals surface area contributed by atoms with Crippen LogP contribution in [0.25, 0.3) is 0 Å². The molecule has 0 aliphatic carbocycles. The number of nitrogens with one attached hydrogen (secondary N) is 2. The van der Waals surface area contributed by atoms with Gasteiger partial charge in [0.25, 0.3) is 0 Å². The average Bonchev–Trinajstić information content (AvgIpc) is 2.91. The van der Waals surface area contributed by atoms with E-state index in [-0.39, 0.29) is 0 Å². The Balaban J connectivity index is 1.85. The molecule has 3 aromatic rings. The van der Waals surface area contributed by atoms with Gasteiger partial charge < -0.3 is 20.1 Å². The van der Waals surface area contributed by atoms with Crippen LogP contribution in [0.1, 0.15) is 44.0 Å². The van der Waals surface area contributed by atoms with Gasteiger partial charge in [-0.15, -0.1) is 11.8 Å². The third-order valence-corrected chi connectivity index (χ3v) is 7.61. The molecule has 0 fully saturated rings. The summed E-state index contributed by atoms with van der Waals surface area (Å²) in [7, 11) is 0. The first-order valence-electron chi connectivity index (χ1n) is 13.2. The minimum Gasteiger partial charge on any atom is -0.489 e. The number of aryl methyl sites for hydroxylation is 1.